The van der Waals surface area contributed by atoms with Crippen LogP contribution in [0, 0.1) is 0 Å². The van der Waals surface area contributed by atoms with Gasteiger partial charge in [-0.1, -0.05) is 0 Å². The number of ether oxygens (including phenoxy) is 1. The van der Waals surface area contributed by atoms with Crippen molar-refractivity contribution < 1.29 is 35.7 Å². The van der Waals surface area contributed by atoms with Crippen LogP contribution in [0.4, 0.5) is 18.9 Å². The number of esters is 1. The lowest BCUT2D eigenvalue weighted by Crippen LogP contribution is -2.34. The standard InChI is InChI=1S/C13H20NO2.CHF3O3S/c1-10(2)16-13(15)11-6-8-12(9-7-11)14(3,4)5;2-1(3,4)8(5,6)7/h6-10H,1-5H3;(H,5,6,7)/q+1;/p-1. The van der Waals surface area contributed by atoms with Crippen molar-refractivity contribution in [2.75, 3.05) is 21.1 Å². The average Bonchev–Trinajstić information content (AvgIpc) is 2.35. The molecule has 0 aliphatic carbocycles. The van der Waals surface area contributed by atoms with E-state index in [2.05, 4.69) is 21.1 Å². The molecule has 1 rings (SSSR count). The average molecular weight is 371 g/mol. The molecule has 6 nitrogen and oxygen atoms in total. The van der Waals surface area contributed by atoms with Crippen molar-refractivity contribution >= 4 is 21.8 Å². The highest BCUT2D eigenvalue weighted by molar-refractivity contribution is 7.86. The fraction of sp³-hybridized carbons (Fsp3) is 0.500. The maximum atomic E-state index is 11.6. The van der Waals surface area contributed by atoms with Crippen LogP contribution in [0.1, 0.15) is 24.2 Å². The van der Waals surface area contributed by atoms with Crippen molar-refractivity contribution in [2.24, 2.45) is 0 Å². The zero-order valence-electron chi connectivity index (χ0n) is 13.9. The Kier molecular flexibility index (Phi) is 7.40. The Balaban J connectivity index is 0.000000561. The first-order valence-corrected chi connectivity index (χ1v) is 8.11. The molecule has 0 atom stereocenters. The van der Waals surface area contributed by atoms with E-state index in [0.717, 1.165) is 10.2 Å². The second kappa shape index (κ2) is 7.95. The minimum Gasteiger partial charge on any atom is -0.741 e. The number of quaternary nitrogens is 1. The number of hydrogen-bond acceptors (Lipinski definition) is 5. The van der Waals surface area contributed by atoms with E-state index in [1.807, 2.05) is 38.1 Å². The van der Waals surface area contributed by atoms with Crippen LogP contribution in [0.3, 0.4) is 0 Å². The highest BCUT2D eigenvalue weighted by Gasteiger charge is 2.36. The van der Waals surface area contributed by atoms with Gasteiger partial charge in [0.1, 0.15) is 5.69 Å². The second-order valence-electron chi connectivity index (χ2n) is 5.91. The summed E-state index contributed by atoms with van der Waals surface area (Å²) in [6.07, 6.45) is -0.0782. The smallest absolute Gasteiger partial charge is 0.485 e. The highest BCUT2D eigenvalue weighted by Crippen LogP contribution is 2.20. The maximum absolute atomic E-state index is 11.6. The SMILES string of the molecule is CC(C)OC(=O)c1ccc([N+](C)(C)C)cc1.O=S(=O)([O-])C(F)(F)F. The monoisotopic (exact) mass is 371 g/mol. The normalized spacial score (nSPS) is 12.4. The first kappa shape index (κ1) is 22.4. The molecule has 138 valence electrons. The van der Waals surface area contributed by atoms with E-state index in [9.17, 15) is 18.0 Å². The van der Waals surface area contributed by atoms with E-state index in [0.29, 0.717) is 5.56 Å². The molecule has 0 saturated heterocycles. The predicted molar refractivity (Wildman–Crippen MR) is 82.3 cm³/mol. The Bertz CT molecular complexity index is 646. The van der Waals surface area contributed by atoms with Crippen LogP contribution in [0.5, 0.6) is 0 Å². The molecule has 24 heavy (non-hydrogen) atoms. The zero-order valence-corrected chi connectivity index (χ0v) is 14.7. The minimum absolute atomic E-state index is 0.0782. The zero-order chi connectivity index (χ0) is 19.3. The van der Waals surface area contributed by atoms with Crippen molar-refractivity contribution in [3.05, 3.63) is 29.8 Å². The van der Waals surface area contributed by atoms with Gasteiger partial charge in [-0.25, -0.2) is 13.2 Å². The number of carbonyl (C=O) groups excluding carboxylic acids is 1. The molecule has 0 amide bonds. The Morgan fingerprint density at radius 2 is 1.50 bits per heavy atom. The molecular formula is C14H20F3NO5S. The third-order valence-electron chi connectivity index (χ3n) is 2.50. The molecule has 0 radical (unpaired) electrons. The fourth-order valence-corrected chi connectivity index (χ4v) is 1.33. The molecule has 0 saturated carbocycles. The van der Waals surface area contributed by atoms with E-state index < -0.39 is 15.6 Å². The van der Waals surface area contributed by atoms with Crippen LogP contribution in [0.2, 0.25) is 0 Å². The van der Waals surface area contributed by atoms with E-state index in [1.54, 1.807) is 0 Å². The summed E-state index contributed by atoms with van der Waals surface area (Å²) in [7, 11) is 0.164. The van der Waals surface area contributed by atoms with Crippen LogP contribution in [0.25, 0.3) is 0 Å². The first-order valence-electron chi connectivity index (χ1n) is 6.71. The second-order valence-corrected chi connectivity index (χ2v) is 7.28. The van der Waals surface area contributed by atoms with Crippen molar-refractivity contribution in [1.82, 2.24) is 4.48 Å². The number of benzene rings is 1. The molecular weight excluding hydrogens is 351 g/mol. The molecule has 0 aliphatic rings. The summed E-state index contributed by atoms with van der Waals surface area (Å²) in [5, 5.41) is 0. The van der Waals surface area contributed by atoms with Gasteiger partial charge in [0.15, 0.2) is 10.1 Å². The molecule has 10 heteroatoms. The lowest BCUT2D eigenvalue weighted by molar-refractivity contribution is -0.0517. The summed E-state index contributed by atoms with van der Waals surface area (Å²) in [6.45, 7) is 3.69. The van der Waals surface area contributed by atoms with Gasteiger partial charge in [-0.2, -0.15) is 13.2 Å². The molecule has 0 bridgehead atoms. The quantitative estimate of drug-likeness (QED) is 0.353. The molecule has 0 N–H and O–H groups in total. The molecule has 0 unspecified atom stereocenters. The summed E-state index contributed by atoms with van der Waals surface area (Å²) in [5.74, 6) is -0.261. The molecule has 0 spiro atoms. The molecule has 1 aromatic rings. The first-order chi connectivity index (χ1) is 10.6. The maximum Gasteiger partial charge on any atom is 0.485 e. The van der Waals surface area contributed by atoms with Gasteiger partial charge >= 0.3 is 11.5 Å². The van der Waals surface area contributed by atoms with Gasteiger partial charge in [0, 0.05) is 0 Å². The summed E-state index contributed by atoms with van der Waals surface area (Å²) in [5.41, 5.74) is -3.89. The molecule has 0 aliphatic heterocycles. The lowest BCUT2D eigenvalue weighted by Gasteiger charge is -2.23. The Hall–Kier alpha value is -1.65. The van der Waals surface area contributed by atoms with Gasteiger partial charge in [-0.15, -0.1) is 0 Å². The largest absolute Gasteiger partial charge is 0.741 e. The number of rotatable bonds is 3. The molecule has 0 fully saturated rings. The number of halogens is 3. The third kappa shape index (κ3) is 7.75. The van der Waals surface area contributed by atoms with Gasteiger partial charge in [0.25, 0.3) is 0 Å². The fourth-order valence-electron chi connectivity index (χ4n) is 1.33. The number of carbonyl (C=O) groups is 1. The van der Waals surface area contributed by atoms with Gasteiger partial charge in [0.2, 0.25) is 0 Å². The van der Waals surface area contributed by atoms with Gasteiger partial charge in [0.05, 0.1) is 32.8 Å². The highest BCUT2D eigenvalue weighted by atomic mass is 32.2. The van der Waals surface area contributed by atoms with Crippen molar-refractivity contribution in [3.63, 3.8) is 0 Å². The van der Waals surface area contributed by atoms with Crippen molar-refractivity contribution in [2.45, 2.75) is 25.5 Å². The van der Waals surface area contributed by atoms with Gasteiger partial charge in [-0.05, 0) is 38.1 Å². The number of hydrogen-bond donors (Lipinski definition) is 0. The van der Waals surface area contributed by atoms with E-state index in [4.69, 9.17) is 17.7 Å². The number of nitrogens with zero attached hydrogens (tertiary/aromatic N) is 1. The molecule has 0 heterocycles. The van der Waals surface area contributed by atoms with Crippen molar-refractivity contribution in [3.8, 4) is 0 Å². The Morgan fingerprint density at radius 3 is 1.75 bits per heavy atom. The van der Waals surface area contributed by atoms with E-state index >= 15 is 0 Å². The van der Waals surface area contributed by atoms with E-state index in [1.165, 1.54) is 0 Å². The summed E-state index contributed by atoms with van der Waals surface area (Å²) < 4.78 is 64.8. The van der Waals surface area contributed by atoms with Crippen molar-refractivity contribution in [1.29, 1.82) is 0 Å². The molecule has 1 aromatic carbocycles. The summed E-state index contributed by atoms with van der Waals surface area (Å²) in [4.78, 5) is 11.6. The summed E-state index contributed by atoms with van der Waals surface area (Å²) >= 11 is 0. The lowest BCUT2D eigenvalue weighted by atomic mass is 10.2. The summed E-state index contributed by atoms with van der Waals surface area (Å²) in [6, 6.07) is 7.53. The van der Waals surface area contributed by atoms with Crippen LogP contribution >= 0.6 is 0 Å². The molecule has 0 aromatic heterocycles. The Morgan fingerprint density at radius 1 is 1.12 bits per heavy atom. The third-order valence-corrected chi connectivity index (χ3v) is 3.07. The van der Waals surface area contributed by atoms with Crippen LogP contribution in [0.15, 0.2) is 24.3 Å². The van der Waals surface area contributed by atoms with Crippen LogP contribution in [-0.4, -0.2) is 51.7 Å². The predicted octanol–water partition coefficient (Wildman–Crippen LogP) is 2.50. The van der Waals surface area contributed by atoms with Gasteiger partial charge < -0.3 is 9.29 Å². The number of alkyl halides is 3. The minimum atomic E-state index is -6.09. The van der Waals surface area contributed by atoms with E-state index in [-0.39, 0.29) is 12.1 Å². The Labute approximate surface area is 139 Å². The topological polar surface area (TPSA) is 83.5 Å². The van der Waals surface area contributed by atoms with Crippen LogP contribution in [-0.2, 0) is 14.9 Å². The van der Waals surface area contributed by atoms with Gasteiger partial charge in [-0.3, -0.25) is 4.48 Å². The van der Waals surface area contributed by atoms with Crippen LogP contribution < -0.4 is 4.48 Å².